The average molecular weight is 302 g/mol. The summed E-state index contributed by atoms with van der Waals surface area (Å²) in [6.07, 6.45) is 0. The van der Waals surface area contributed by atoms with E-state index in [-0.39, 0.29) is 6.03 Å². The molecule has 0 unspecified atom stereocenters. The molecule has 0 spiro atoms. The zero-order valence-electron chi connectivity index (χ0n) is 12.7. The van der Waals surface area contributed by atoms with E-state index >= 15 is 0 Å². The van der Waals surface area contributed by atoms with Gasteiger partial charge in [-0.15, -0.1) is 0 Å². The van der Waals surface area contributed by atoms with Crippen molar-refractivity contribution in [3.8, 4) is 17.2 Å². The van der Waals surface area contributed by atoms with Crippen LogP contribution in [0.5, 0.6) is 17.2 Å². The highest BCUT2D eigenvalue weighted by atomic mass is 16.5. The molecule has 2 amide bonds. The second kappa shape index (κ2) is 7.21. The summed E-state index contributed by atoms with van der Waals surface area (Å²) in [6, 6.07) is 11.8. The monoisotopic (exact) mass is 302 g/mol. The van der Waals surface area contributed by atoms with E-state index in [9.17, 15) is 4.79 Å². The van der Waals surface area contributed by atoms with Crippen molar-refractivity contribution in [1.82, 2.24) is 0 Å². The third-order valence-electron chi connectivity index (χ3n) is 2.96. The average Bonchev–Trinajstić information content (AvgIpc) is 2.55. The first-order valence-electron chi connectivity index (χ1n) is 6.59. The molecule has 2 aromatic rings. The van der Waals surface area contributed by atoms with Crippen LogP contribution in [-0.4, -0.2) is 27.4 Å². The first-order valence-corrected chi connectivity index (χ1v) is 6.59. The molecule has 2 N–H and O–H groups in total. The Labute approximate surface area is 129 Å². The number of amides is 2. The van der Waals surface area contributed by atoms with E-state index in [1.165, 1.54) is 0 Å². The molecule has 0 atom stereocenters. The third kappa shape index (κ3) is 4.05. The lowest BCUT2D eigenvalue weighted by Gasteiger charge is -2.11. The number of methoxy groups -OCH3 is 3. The van der Waals surface area contributed by atoms with Crippen LogP contribution in [0.4, 0.5) is 16.2 Å². The van der Waals surface area contributed by atoms with Gasteiger partial charge >= 0.3 is 6.03 Å². The number of hydrogen-bond donors (Lipinski definition) is 2. The molecule has 2 aromatic carbocycles. The Balaban J connectivity index is 2.04. The van der Waals surface area contributed by atoms with E-state index in [0.29, 0.717) is 22.9 Å². The number of rotatable bonds is 5. The molecule has 0 fully saturated rings. The van der Waals surface area contributed by atoms with Crippen molar-refractivity contribution < 1.29 is 19.0 Å². The number of ether oxygens (including phenoxy) is 3. The van der Waals surface area contributed by atoms with Gasteiger partial charge in [0.2, 0.25) is 0 Å². The third-order valence-corrected chi connectivity index (χ3v) is 2.96. The van der Waals surface area contributed by atoms with Crippen molar-refractivity contribution >= 4 is 17.4 Å². The predicted molar refractivity (Wildman–Crippen MR) is 85.2 cm³/mol. The van der Waals surface area contributed by atoms with Gasteiger partial charge in [-0.05, 0) is 24.3 Å². The Bertz CT molecular complexity index is 619. The van der Waals surface area contributed by atoms with Crippen LogP contribution in [0.2, 0.25) is 0 Å². The summed E-state index contributed by atoms with van der Waals surface area (Å²) in [5.41, 5.74) is 1.23. The molecule has 0 bridgehead atoms. The van der Waals surface area contributed by atoms with E-state index in [4.69, 9.17) is 14.2 Å². The van der Waals surface area contributed by atoms with Crippen molar-refractivity contribution in [2.45, 2.75) is 0 Å². The Morgan fingerprint density at radius 1 is 0.727 bits per heavy atom. The first-order chi connectivity index (χ1) is 10.6. The fraction of sp³-hybridized carbons (Fsp3) is 0.188. The zero-order chi connectivity index (χ0) is 15.9. The largest absolute Gasteiger partial charge is 0.497 e. The SMILES string of the molecule is COc1ccc(NC(=O)Nc2cc(OC)cc(OC)c2)cc1. The number of urea groups is 1. The van der Waals surface area contributed by atoms with Gasteiger partial charge in [0.25, 0.3) is 0 Å². The van der Waals surface area contributed by atoms with Gasteiger partial charge in [0.05, 0.1) is 21.3 Å². The van der Waals surface area contributed by atoms with Crippen LogP contribution in [0.1, 0.15) is 0 Å². The Morgan fingerprint density at radius 3 is 1.73 bits per heavy atom. The van der Waals surface area contributed by atoms with Crippen LogP contribution in [-0.2, 0) is 0 Å². The van der Waals surface area contributed by atoms with Crippen LogP contribution in [0.25, 0.3) is 0 Å². The second-order valence-corrected chi connectivity index (χ2v) is 4.41. The van der Waals surface area contributed by atoms with Gasteiger partial charge in [-0.3, -0.25) is 0 Å². The maximum absolute atomic E-state index is 12.0. The van der Waals surface area contributed by atoms with Gasteiger partial charge in [0, 0.05) is 29.6 Å². The van der Waals surface area contributed by atoms with Crippen LogP contribution >= 0.6 is 0 Å². The molecule has 0 radical (unpaired) electrons. The van der Waals surface area contributed by atoms with Crippen molar-refractivity contribution in [3.63, 3.8) is 0 Å². The lowest BCUT2D eigenvalue weighted by atomic mass is 10.2. The van der Waals surface area contributed by atoms with Gasteiger partial charge < -0.3 is 24.8 Å². The Hall–Kier alpha value is -2.89. The molecule has 0 heterocycles. The highest BCUT2D eigenvalue weighted by Gasteiger charge is 2.06. The van der Waals surface area contributed by atoms with Gasteiger partial charge in [-0.1, -0.05) is 0 Å². The summed E-state index contributed by atoms with van der Waals surface area (Å²) >= 11 is 0. The molecule has 0 saturated carbocycles. The molecule has 0 aliphatic heterocycles. The normalized spacial score (nSPS) is 9.77. The van der Waals surface area contributed by atoms with Crippen molar-refractivity contribution in [3.05, 3.63) is 42.5 Å². The molecule has 6 heteroatoms. The molecule has 22 heavy (non-hydrogen) atoms. The molecule has 0 saturated heterocycles. The summed E-state index contributed by atoms with van der Waals surface area (Å²) in [4.78, 5) is 12.0. The fourth-order valence-electron chi connectivity index (χ4n) is 1.85. The predicted octanol–water partition coefficient (Wildman–Crippen LogP) is 3.36. The van der Waals surface area contributed by atoms with Crippen molar-refractivity contribution in [2.24, 2.45) is 0 Å². The standard InChI is InChI=1S/C16H18N2O4/c1-20-13-6-4-11(5-7-13)17-16(19)18-12-8-14(21-2)10-15(9-12)22-3/h4-10H,1-3H3,(H2,17,18,19). The number of carbonyl (C=O) groups is 1. The minimum atomic E-state index is -0.361. The maximum Gasteiger partial charge on any atom is 0.323 e. The molecule has 0 aromatic heterocycles. The van der Waals surface area contributed by atoms with Gasteiger partial charge in [-0.25, -0.2) is 4.79 Å². The van der Waals surface area contributed by atoms with E-state index in [0.717, 1.165) is 5.75 Å². The Morgan fingerprint density at radius 2 is 1.23 bits per heavy atom. The van der Waals surface area contributed by atoms with Gasteiger partial charge in [-0.2, -0.15) is 0 Å². The lowest BCUT2D eigenvalue weighted by Crippen LogP contribution is -2.19. The van der Waals surface area contributed by atoms with E-state index in [1.807, 2.05) is 0 Å². The molecule has 6 nitrogen and oxygen atoms in total. The van der Waals surface area contributed by atoms with E-state index in [1.54, 1.807) is 63.8 Å². The molecular weight excluding hydrogens is 284 g/mol. The molecule has 116 valence electrons. The maximum atomic E-state index is 12.0. The fourth-order valence-corrected chi connectivity index (χ4v) is 1.85. The summed E-state index contributed by atoms with van der Waals surface area (Å²) in [7, 11) is 4.69. The van der Waals surface area contributed by atoms with Crippen molar-refractivity contribution in [1.29, 1.82) is 0 Å². The van der Waals surface area contributed by atoms with Gasteiger partial charge in [0.1, 0.15) is 17.2 Å². The molecule has 0 aliphatic rings. The Kier molecular flexibility index (Phi) is 5.08. The lowest BCUT2D eigenvalue weighted by molar-refractivity contribution is 0.262. The second-order valence-electron chi connectivity index (χ2n) is 4.41. The van der Waals surface area contributed by atoms with Crippen LogP contribution in [0, 0.1) is 0 Å². The zero-order valence-corrected chi connectivity index (χ0v) is 12.7. The minimum absolute atomic E-state index is 0.361. The highest BCUT2D eigenvalue weighted by Crippen LogP contribution is 2.26. The first kappa shape index (κ1) is 15.5. The van der Waals surface area contributed by atoms with Crippen molar-refractivity contribution in [2.75, 3.05) is 32.0 Å². The van der Waals surface area contributed by atoms with E-state index in [2.05, 4.69) is 10.6 Å². The van der Waals surface area contributed by atoms with Crippen LogP contribution < -0.4 is 24.8 Å². The number of carbonyl (C=O) groups excluding carboxylic acids is 1. The summed E-state index contributed by atoms with van der Waals surface area (Å²) < 4.78 is 15.4. The molecule has 0 aliphatic carbocycles. The quantitative estimate of drug-likeness (QED) is 0.888. The topological polar surface area (TPSA) is 68.8 Å². The van der Waals surface area contributed by atoms with Crippen LogP contribution in [0.3, 0.4) is 0 Å². The minimum Gasteiger partial charge on any atom is -0.497 e. The number of nitrogens with one attached hydrogen (secondary N) is 2. The summed E-state index contributed by atoms with van der Waals surface area (Å²) in [5, 5.41) is 5.46. The number of benzene rings is 2. The summed E-state index contributed by atoms with van der Waals surface area (Å²) in [6.45, 7) is 0. The smallest absolute Gasteiger partial charge is 0.323 e. The van der Waals surface area contributed by atoms with E-state index < -0.39 is 0 Å². The summed E-state index contributed by atoms with van der Waals surface area (Å²) in [5.74, 6) is 1.92. The highest BCUT2D eigenvalue weighted by molar-refractivity contribution is 6.00. The van der Waals surface area contributed by atoms with Crippen LogP contribution in [0.15, 0.2) is 42.5 Å². The van der Waals surface area contributed by atoms with Gasteiger partial charge in [0.15, 0.2) is 0 Å². The number of anilines is 2. The molecular formula is C16H18N2O4. The number of hydrogen-bond acceptors (Lipinski definition) is 4. The molecule has 2 rings (SSSR count).